The highest BCUT2D eigenvalue weighted by molar-refractivity contribution is 7.14. The number of piperidine rings is 1. The number of thiophene rings is 1. The van der Waals surface area contributed by atoms with E-state index >= 15 is 0 Å². The number of carbonyl (C=O) groups excluding carboxylic acids is 1. The largest absolute Gasteiger partial charge is 0.480 e. The van der Waals surface area contributed by atoms with Crippen molar-refractivity contribution in [3.63, 3.8) is 0 Å². The Morgan fingerprint density at radius 3 is 2.86 bits per heavy atom. The van der Waals surface area contributed by atoms with Crippen LogP contribution in [0.4, 0.5) is 0 Å². The van der Waals surface area contributed by atoms with Gasteiger partial charge in [-0.05, 0) is 49.7 Å². The normalized spacial score (nSPS) is 24.6. The van der Waals surface area contributed by atoms with Crippen LogP contribution in [0.2, 0.25) is 0 Å². The van der Waals surface area contributed by atoms with Gasteiger partial charge in [-0.1, -0.05) is 0 Å². The van der Waals surface area contributed by atoms with Gasteiger partial charge in [-0.2, -0.15) is 0 Å². The maximum atomic E-state index is 12.7. The minimum Gasteiger partial charge on any atom is -0.480 e. The van der Waals surface area contributed by atoms with E-state index in [0.717, 1.165) is 50.2 Å². The molecule has 154 valence electrons. The van der Waals surface area contributed by atoms with Crippen LogP contribution in [-0.4, -0.2) is 67.9 Å². The summed E-state index contributed by atoms with van der Waals surface area (Å²) in [6.07, 6.45) is 4.54. The van der Waals surface area contributed by atoms with Crippen molar-refractivity contribution in [2.45, 2.75) is 37.7 Å². The number of carboxylic acid groups (broad SMARTS) is 1. The summed E-state index contributed by atoms with van der Waals surface area (Å²) in [4.78, 5) is 27.5. The van der Waals surface area contributed by atoms with E-state index in [2.05, 4.69) is 5.32 Å². The minimum absolute atomic E-state index is 0.0107. The third kappa shape index (κ3) is 4.25. The molecule has 0 aromatic carbocycles. The molecule has 2 N–H and O–H groups in total. The summed E-state index contributed by atoms with van der Waals surface area (Å²) in [6, 6.07) is 2.03. The number of amides is 1. The number of aliphatic carboxylic acids is 1. The second-order valence-corrected chi connectivity index (χ2v) is 9.07. The highest BCUT2D eigenvalue weighted by atomic mass is 32.1. The number of hydrogen-bond acceptors (Lipinski definition) is 6. The van der Waals surface area contributed by atoms with E-state index in [1.165, 1.54) is 10.4 Å². The summed E-state index contributed by atoms with van der Waals surface area (Å²) in [5.74, 6) is -0.399. The summed E-state index contributed by atoms with van der Waals surface area (Å²) >= 11 is 1.55. The SMILES string of the molecule is O=C(O)CN1CCC2(CC1)OCCc1cc(C(=O)NCC3CCCOC3)sc12. The third-order valence-corrected chi connectivity index (χ3v) is 7.39. The molecule has 3 aliphatic rings. The third-order valence-electron chi connectivity index (χ3n) is 6.02. The van der Waals surface area contributed by atoms with Crippen molar-refractivity contribution < 1.29 is 24.2 Å². The summed E-state index contributed by atoms with van der Waals surface area (Å²) in [5, 5.41) is 12.1. The zero-order chi connectivity index (χ0) is 19.6. The van der Waals surface area contributed by atoms with Crippen molar-refractivity contribution in [1.82, 2.24) is 10.2 Å². The van der Waals surface area contributed by atoms with Gasteiger partial charge in [-0.25, -0.2) is 0 Å². The molecule has 8 heteroatoms. The van der Waals surface area contributed by atoms with Gasteiger partial charge in [0.1, 0.15) is 5.60 Å². The lowest BCUT2D eigenvalue weighted by atomic mass is 9.85. The maximum absolute atomic E-state index is 12.7. The van der Waals surface area contributed by atoms with Gasteiger partial charge in [0.05, 0.1) is 24.6 Å². The van der Waals surface area contributed by atoms with E-state index in [1.807, 2.05) is 11.0 Å². The standard InChI is InChI=1S/C20H28N2O5S/c23-17(24)12-22-6-4-20(5-7-22)18-15(3-9-27-20)10-16(28-18)19(25)21-11-14-2-1-8-26-13-14/h10,14H,1-9,11-13H2,(H,21,25)(H,23,24). The quantitative estimate of drug-likeness (QED) is 0.773. The number of nitrogens with zero attached hydrogens (tertiary/aromatic N) is 1. The van der Waals surface area contributed by atoms with E-state index in [0.29, 0.717) is 32.2 Å². The Kier molecular flexibility index (Phi) is 6.01. The second kappa shape index (κ2) is 8.49. The molecule has 0 saturated carbocycles. The molecule has 1 spiro atoms. The zero-order valence-electron chi connectivity index (χ0n) is 16.1. The van der Waals surface area contributed by atoms with Gasteiger partial charge in [0, 0.05) is 31.1 Å². The Hall–Kier alpha value is -1.48. The van der Waals surface area contributed by atoms with E-state index in [-0.39, 0.29) is 18.1 Å². The fourth-order valence-corrected chi connectivity index (χ4v) is 5.79. The van der Waals surface area contributed by atoms with Crippen LogP contribution in [0, 0.1) is 5.92 Å². The molecule has 1 unspecified atom stereocenters. The van der Waals surface area contributed by atoms with Gasteiger partial charge in [0.15, 0.2) is 0 Å². The van der Waals surface area contributed by atoms with Gasteiger partial charge >= 0.3 is 5.97 Å². The van der Waals surface area contributed by atoms with Crippen molar-refractivity contribution in [1.29, 1.82) is 0 Å². The van der Waals surface area contributed by atoms with Crippen LogP contribution in [0.1, 0.15) is 45.8 Å². The Labute approximate surface area is 169 Å². The van der Waals surface area contributed by atoms with Crippen LogP contribution in [0.3, 0.4) is 0 Å². The molecule has 28 heavy (non-hydrogen) atoms. The number of carboxylic acids is 1. The summed E-state index contributed by atoms with van der Waals surface area (Å²) in [6.45, 7) is 4.35. The van der Waals surface area contributed by atoms with Gasteiger partial charge < -0.3 is 19.9 Å². The van der Waals surface area contributed by atoms with E-state index in [1.54, 1.807) is 11.3 Å². The molecule has 0 aliphatic carbocycles. The molecule has 4 rings (SSSR count). The average molecular weight is 409 g/mol. The fraction of sp³-hybridized carbons (Fsp3) is 0.700. The second-order valence-electron chi connectivity index (χ2n) is 8.02. The van der Waals surface area contributed by atoms with Crippen LogP contribution in [0.25, 0.3) is 0 Å². The lowest BCUT2D eigenvalue weighted by molar-refractivity contribution is -0.141. The number of likely N-dealkylation sites (tertiary alicyclic amines) is 1. The van der Waals surface area contributed by atoms with Gasteiger partial charge in [-0.15, -0.1) is 11.3 Å². The molecule has 1 aromatic rings. The van der Waals surface area contributed by atoms with E-state index < -0.39 is 5.97 Å². The van der Waals surface area contributed by atoms with Gasteiger partial charge in [-0.3, -0.25) is 14.5 Å². The average Bonchev–Trinajstić information content (AvgIpc) is 3.15. The number of rotatable bonds is 5. The van der Waals surface area contributed by atoms with Crippen molar-refractivity contribution in [2.24, 2.45) is 5.92 Å². The Morgan fingerprint density at radius 1 is 1.32 bits per heavy atom. The van der Waals surface area contributed by atoms with Crippen molar-refractivity contribution in [3.8, 4) is 0 Å². The highest BCUT2D eigenvalue weighted by Crippen LogP contribution is 2.45. The Bertz CT molecular complexity index is 720. The molecule has 2 fully saturated rings. The molecule has 1 aromatic heterocycles. The molecule has 0 bridgehead atoms. The van der Waals surface area contributed by atoms with Crippen LogP contribution in [0.15, 0.2) is 6.07 Å². The van der Waals surface area contributed by atoms with Crippen LogP contribution < -0.4 is 5.32 Å². The van der Waals surface area contributed by atoms with Gasteiger partial charge in [0.25, 0.3) is 5.91 Å². The molecular formula is C20H28N2O5S. The Balaban J connectivity index is 1.41. The van der Waals surface area contributed by atoms with Gasteiger partial charge in [0.2, 0.25) is 0 Å². The summed E-state index contributed by atoms with van der Waals surface area (Å²) < 4.78 is 11.7. The van der Waals surface area contributed by atoms with Crippen molar-refractivity contribution in [3.05, 3.63) is 21.4 Å². The Morgan fingerprint density at radius 2 is 2.14 bits per heavy atom. The first-order valence-electron chi connectivity index (χ1n) is 10.1. The predicted octanol–water partition coefficient (Wildman–Crippen LogP) is 1.85. The molecule has 4 heterocycles. The van der Waals surface area contributed by atoms with Crippen molar-refractivity contribution in [2.75, 3.05) is 46.0 Å². The summed E-state index contributed by atoms with van der Waals surface area (Å²) in [7, 11) is 0. The molecule has 7 nitrogen and oxygen atoms in total. The molecule has 2 saturated heterocycles. The first-order chi connectivity index (χ1) is 13.6. The van der Waals surface area contributed by atoms with Crippen LogP contribution in [0.5, 0.6) is 0 Å². The maximum Gasteiger partial charge on any atom is 0.317 e. The first-order valence-corrected chi connectivity index (χ1v) is 10.9. The molecular weight excluding hydrogens is 380 g/mol. The molecule has 0 radical (unpaired) electrons. The lowest BCUT2D eigenvalue weighted by Crippen LogP contribution is -2.47. The number of fused-ring (bicyclic) bond motifs is 2. The number of ether oxygens (including phenoxy) is 2. The highest BCUT2D eigenvalue weighted by Gasteiger charge is 2.43. The molecule has 1 amide bonds. The van der Waals surface area contributed by atoms with Crippen molar-refractivity contribution >= 4 is 23.2 Å². The lowest BCUT2D eigenvalue weighted by Gasteiger charge is -2.43. The number of nitrogens with one attached hydrogen (secondary N) is 1. The number of hydrogen-bond donors (Lipinski definition) is 2. The summed E-state index contributed by atoms with van der Waals surface area (Å²) in [5.41, 5.74) is 0.859. The molecule has 3 aliphatic heterocycles. The van der Waals surface area contributed by atoms with Crippen LogP contribution in [-0.2, 0) is 26.3 Å². The first kappa shape index (κ1) is 19.8. The minimum atomic E-state index is -0.792. The monoisotopic (exact) mass is 408 g/mol. The number of carbonyl (C=O) groups is 2. The molecule has 1 atom stereocenters. The van der Waals surface area contributed by atoms with Crippen LogP contribution >= 0.6 is 11.3 Å². The zero-order valence-corrected chi connectivity index (χ0v) is 16.9. The smallest absolute Gasteiger partial charge is 0.317 e. The topological polar surface area (TPSA) is 88.1 Å². The van der Waals surface area contributed by atoms with E-state index in [4.69, 9.17) is 14.6 Å². The van der Waals surface area contributed by atoms with E-state index in [9.17, 15) is 9.59 Å². The fourth-order valence-electron chi connectivity index (χ4n) is 4.46. The predicted molar refractivity (Wildman–Crippen MR) is 105 cm³/mol.